The number of benzene rings is 1. The molecule has 0 aliphatic rings. The summed E-state index contributed by atoms with van der Waals surface area (Å²) in [7, 11) is -3.80. The molecule has 0 bridgehead atoms. The van der Waals surface area contributed by atoms with Gasteiger partial charge in [-0.3, -0.25) is 15.0 Å². The van der Waals surface area contributed by atoms with Crippen LogP contribution in [0, 0.1) is 24.0 Å². The first-order valence-electron chi connectivity index (χ1n) is 7.63. The van der Waals surface area contributed by atoms with Gasteiger partial charge in [-0.05, 0) is 45.0 Å². The van der Waals surface area contributed by atoms with E-state index in [1.165, 1.54) is 6.07 Å². The van der Waals surface area contributed by atoms with Crippen molar-refractivity contribution >= 4 is 15.7 Å². The number of sulfonamides is 1. The minimum Gasteiger partial charge on any atom is -0.300 e. The van der Waals surface area contributed by atoms with Crippen molar-refractivity contribution in [2.45, 2.75) is 45.6 Å². The van der Waals surface area contributed by atoms with E-state index >= 15 is 0 Å². The number of nitrogens with one attached hydrogen (secondary N) is 1. The highest BCUT2D eigenvalue weighted by molar-refractivity contribution is 7.89. The van der Waals surface area contributed by atoms with Crippen LogP contribution >= 0.6 is 0 Å². The molecule has 23 heavy (non-hydrogen) atoms. The Kier molecular flexibility index (Phi) is 6.67. The van der Waals surface area contributed by atoms with E-state index in [1.807, 2.05) is 20.8 Å². The second-order valence-electron chi connectivity index (χ2n) is 5.57. The molecule has 1 rings (SSSR count). The number of non-ortho nitro benzene ring substituents is 1. The van der Waals surface area contributed by atoms with Crippen LogP contribution in [0.25, 0.3) is 0 Å². The standard InChI is InChI=1S/C15H25N3O4S/c1-6-17(7-2)12(4)10-16-23(21,22)15-9-14(18(19)20)8-11(3)13(15)5/h8-9,12,16H,6-7,10H2,1-5H3/t12-/m1/s1. The van der Waals surface area contributed by atoms with E-state index < -0.39 is 14.9 Å². The predicted octanol–water partition coefficient (Wildman–Crippen LogP) is 2.22. The molecule has 0 aliphatic heterocycles. The molecule has 8 heteroatoms. The Morgan fingerprint density at radius 1 is 1.26 bits per heavy atom. The third-order valence-corrected chi connectivity index (χ3v) is 5.66. The third-order valence-electron chi connectivity index (χ3n) is 4.11. The average molecular weight is 343 g/mol. The van der Waals surface area contributed by atoms with Crippen molar-refractivity contribution in [3.05, 3.63) is 33.4 Å². The number of rotatable bonds is 8. The molecule has 0 heterocycles. The Morgan fingerprint density at radius 2 is 1.83 bits per heavy atom. The number of hydrogen-bond donors (Lipinski definition) is 1. The lowest BCUT2D eigenvalue weighted by atomic mass is 10.1. The fourth-order valence-electron chi connectivity index (χ4n) is 2.48. The summed E-state index contributed by atoms with van der Waals surface area (Å²) < 4.78 is 27.6. The van der Waals surface area contributed by atoms with E-state index in [4.69, 9.17) is 0 Å². The summed E-state index contributed by atoms with van der Waals surface area (Å²) in [5.74, 6) is 0. The minimum absolute atomic E-state index is 0.0315. The number of nitro groups is 1. The molecule has 0 saturated carbocycles. The molecule has 0 aromatic heterocycles. The topological polar surface area (TPSA) is 92.6 Å². The van der Waals surface area contributed by atoms with E-state index in [-0.39, 0.29) is 23.2 Å². The molecular weight excluding hydrogens is 318 g/mol. The van der Waals surface area contributed by atoms with Crippen LogP contribution in [0.3, 0.4) is 0 Å². The lowest BCUT2D eigenvalue weighted by Gasteiger charge is -2.26. The van der Waals surface area contributed by atoms with Gasteiger partial charge in [-0.25, -0.2) is 13.1 Å². The van der Waals surface area contributed by atoms with Crippen molar-refractivity contribution in [1.29, 1.82) is 0 Å². The zero-order valence-electron chi connectivity index (χ0n) is 14.3. The maximum Gasteiger partial charge on any atom is 0.271 e. The molecule has 0 spiro atoms. The summed E-state index contributed by atoms with van der Waals surface area (Å²) in [6.45, 7) is 11.2. The van der Waals surface area contributed by atoms with Crippen LogP contribution in [0.15, 0.2) is 17.0 Å². The van der Waals surface area contributed by atoms with Gasteiger partial charge in [0, 0.05) is 24.7 Å². The van der Waals surface area contributed by atoms with Gasteiger partial charge < -0.3 is 0 Å². The van der Waals surface area contributed by atoms with E-state index in [2.05, 4.69) is 9.62 Å². The Labute approximate surface area is 137 Å². The first kappa shape index (κ1) is 19.5. The van der Waals surface area contributed by atoms with E-state index in [0.29, 0.717) is 11.1 Å². The molecule has 0 fully saturated rings. The van der Waals surface area contributed by atoms with Crippen LogP contribution in [0.1, 0.15) is 31.9 Å². The van der Waals surface area contributed by atoms with E-state index in [9.17, 15) is 18.5 Å². The van der Waals surface area contributed by atoms with Gasteiger partial charge in [-0.2, -0.15) is 0 Å². The Morgan fingerprint density at radius 3 is 2.30 bits per heavy atom. The van der Waals surface area contributed by atoms with Crippen molar-refractivity contribution in [3.63, 3.8) is 0 Å². The first-order valence-corrected chi connectivity index (χ1v) is 9.11. The van der Waals surface area contributed by atoms with Crippen LogP contribution in [-0.2, 0) is 10.0 Å². The molecule has 130 valence electrons. The lowest BCUT2D eigenvalue weighted by molar-refractivity contribution is -0.385. The maximum atomic E-state index is 12.5. The molecule has 1 aromatic carbocycles. The SMILES string of the molecule is CCN(CC)[C@H](C)CNS(=O)(=O)c1cc([N+](=O)[O-])cc(C)c1C. The normalized spacial score (nSPS) is 13.3. The largest absolute Gasteiger partial charge is 0.300 e. The van der Waals surface area contributed by atoms with Gasteiger partial charge in [-0.15, -0.1) is 0 Å². The summed E-state index contributed by atoms with van der Waals surface area (Å²) in [6, 6.07) is 2.54. The highest BCUT2D eigenvalue weighted by Crippen LogP contribution is 2.25. The minimum atomic E-state index is -3.80. The van der Waals surface area contributed by atoms with Crippen molar-refractivity contribution in [3.8, 4) is 0 Å². The van der Waals surface area contributed by atoms with Gasteiger partial charge in [0.15, 0.2) is 0 Å². The van der Waals surface area contributed by atoms with Gasteiger partial charge in [0.25, 0.3) is 5.69 Å². The molecule has 7 nitrogen and oxygen atoms in total. The molecule has 0 unspecified atom stereocenters. The molecule has 0 radical (unpaired) electrons. The second-order valence-corrected chi connectivity index (χ2v) is 7.30. The van der Waals surface area contributed by atoms with Gasteiger partial charge in [0.2, 0.25) is 10.0 Å². The highest BCUT2D eigenvalue weighted by Gasteiger charge is 2.23. The molecule has 1 atom stereocenters. The van der Waals surface area contributed by atoms with Crippen LogP contribution in [0.4, 0.5) is 5.69 Å². The Hall–Kier alpha value is -1.51. The number of likely N-dealkylation sites (N-methyl/N-ethyl adjacent to an activating group) is 1. The predicted molar refractivity (Wildman–Crippen MR) is 90.1 cm³/mol. The number of nitro benzene ring substituents is 1. The molecule has 1 N–H and O–H groups in total. The number of hydrogen-bond acceptors (Lipinski definition) is 5. The van der Waals surface area contributed by atoms with Gasteiger partial charge in [0.1, 0.15) is 0 Å². The van der Waals surface area contributed by atoms with Crippen LogP contribution in [0.2, 0.25) is 0 Å². The molecule has 1 aromatic rings. The molecule has 0 aliphatic carbocycles. The smallest absolute Gasteiger partial charge is 0.271 e. The van der Waals surface area contributed by atoms with E-state index in [0.717, 1.165) is 19.2 Å². The molecular formula is C15H25N3O4S. The maximum absolute atomic E-state index is 12.5. The molecule has 0 amide bonds. The Bertz CT molecular complexity index is 670. The van der Waals surface area contributed by atoms with Crippen molar-refractivity contribution in [1.82, 2.24) is 9.62 Å². The lowest BCUT2D eigenvalue weighted by Crippen LogP contribution is -2.42. The summed E-state index contributed by atoms with van der Waals surface area (Å²) >= 11 is 0. The second kappa shape index (κ2) is 7.85. The third kappa shape index (κ3) is 4.73. The van der Waals surface area contributed by atoms with Gasteiger partial charge in [0.05, 0.1) is 9.82 Å². The monoisotopic (exact) mass is 343 g/mol. The van der Waals surface area contributed by atoms with Crippen molar-refractivity contribution in [2.24, 2.45) is 0 Å². The quantitative estimate of drug-likeness (QED) is 0.577. The first-order chi connectivity index (χ1) is 10.6. The zero-order chi connectivity index (χ0) is 17.8. The van der Waals surface area contributed by atoms with Crippen molar-refractivity contribution < 1.29 is 13.3 Å². The van der Waals surface area contributed by atoms with Gasteiger partial charge >= 0.3 is 0 Å². The van der Waals surface area contributed by atoms with Crippen LogP contribution in [-0.4, -0.2) is 43.9 Å². The van der Waals surface area contributed by atoms with Crippen molar-refractivity contribution in [2.75, 3.05) is 19.6 Å². The van der Waals surface area contributed by atoms with Gasteiger partial charge in [-0.1, -0.05) is 13.8 Å². The molecule has 0 saturated heterocycles. The summed E-state index contributed by atoms with van der Waals surface area (Å²) in [5.41, 5.74) is 0.889. The van der Waals surface area contributed by atoms with Crippen LogP contribution < -0.4 is 4.72 Å². The summed E-state index contributed by atoms with van der Waals surface area (Å²) in [6.07, 6.45) is 0. The summed E-state index contributed by atoms with van der Waals surface area (Å²) in [4.78, 5) is 12.5. The average Bonchev–Trinajstić information content (AvgIpc) is 2.48. The summed E-state index contributed by atoms with van der Waals surface area (Å²) in [5, 5.41) is 11.0. The fourth-order valence-corrected chi connectivity index (χ4v) is 3.93. The highest BCUT2D eigenvalue weighted by atomic mass is 32.2. The fraction of sp³-hybridized carbons (Fsp3) is 0.600. The number of aryl methyl sites for hydroxylation is 1. The van der Waals surface area contributed by atoms with E-state index in [1.54, 1.807) is 13.8 Å². The Balaban J connectivity index is 3.07. The number of nitrogens with zero attached hydrogens (tertiary/aromatic N) is 2. The zero-order valence-corrected chi connectivity index (χ0v) is 15.1. The van der Waals surface area contributed by atoms with Crippen LogP contribution in [0.5, 0.6) is 0 Å².